The van der Waals surface area contributed by atoms with E-state index in [1.807, 2.05) is 0 Å². The van der Waals surface area contributed by atoms with Crippen molar-refractivity contribution < 1.29 is 9.53 Å². The molecule has 1 fully saturated rings. The largest absolute Gasteiger partial charge is 0.380 e. The number of amides is 1. The Morgan fingerprint density at radius 3 is 2.68 bits per heavy atom. The second-order valence-electron chi connectivity index (χ2n) is 5.79. The molecule has 1 unspecified atom stereocenters. The summed E-state index contributed by atoms with van der Waals surface area (Å²) in [5.41, 5.74) is 2.37. The van der Waals surface area contributed by atoms with Crippen molar-refractivity contribution in [1.29, 1.82) is 0 Å². The Bertz CT molecular complexity index is 456. The van der Waals surface area contributed by atoms with E-state index in [9.17, 15) is 4.79 Å². The van der Waals surface area contributed by atoms with Gasteiger partial charge in [0.05, 0.1) is 6.61 Å². The number of rotatable bonds is 5. The number of hydrogen-bond donors (Lipinski definition) is 1. The minimum atomic E-state index is -0.0806. The molecule has 0 aromatic heterocycles. The molecule has 1 atom stereocenters. The van der Waals surface area contributed by atoms with Gasteiger partial charge in [-0.1, -0.05) is 38.1 Å². The lowest BCUT2D eigenvalue weighted by Crippen LogP contribution is -2.48. The van der Waals surface area contributed by atoms with Crippen LogP contribution in [0.4, 0.5) is 0 Å². The summed E-state index contributed by atoms with van der Waals surface area (Å²) in [5, 5.41) is 3.20. The molecule has 3 heteroatoms. The van der Waals surface area contributed by atoms with E-state index >= 15 is 0 Å². The van der Waals surface area contributed by atoms with Crippen LogP contribution < -0.4 is 5.32 Å². The number of methoxy groups -OCH3 is 1. The summed E-state index contributed by atoms with van der Waals surface area (Å²) >= 11 is 0. The molecule has 1 aliphatic rings. The highest BCUT2D eigenvalue weighted by Crippen LogP contribution is 2.32. The van der Waals surface area contributed by atoms with E-state index < -0.39 is 0 Å². The zero-order valence-corrected chi connectivity index (χ0v) is 12.0. The van der Waals surface area contributed by atoms with Gasteiger partial charge in [0.2, 0.25) is 5.91 Å². The first kappa shape index (κ1) is 14.1. The standard InChI is InChI=1S/C16H23NO2/c1-12(2)16(8-7-15(18)17-16)10-13-5-4-6-14(9-13)11-19-3/h4-6,9,12H,7-8,10-11H2,1-3H3,(H,17,18). The van der Waals surface area contributed by atoms with Gasteiger partial charge in [-0.2, -0.15) is 0 Å². The summed E-state index contributed by atoms with van der Waals surface area (Å²) in [7, 11) is 1.71. The molecule has 1 saturated heterocycles. The van der Waals surface area contributed by atoms with Crippen molar-refractivity contribution >= 4 is 5.91 Å². The number of nitrogens with one attached hydrogen (secondary N) is 1. The summed E-state index contributed by atoms with van der Waals surface area (Å²) in [6.07, 6.45) is 2.47. The highest BCUT2D eigenvalue weighted by molar-refractivity contribution is 5.79. The smallest absolute Gasteiger partial charge is 0.220 e. The van der Waals surface area contributed by atoms with Crippen LogP contribution in [-0.2, 0) is 22.6 Å². The normalized spacial score (nSPS) is 22.8. The van der Waals surface area contributed by atoms with Crippen LogP contribution in [0.3, 0.4) is 0 Å². The van der Waals surface area contributed by atoms with Crippen LogP contribution in [0.25, 0.3) is 0 Å². The lowest BCUT2D eigenvalue weighted by Gasteiger charge is -2.33. The van der Waals surface area contributed by atoms with Crippen molar-refractivity contribution in [2.24, 2.45) is 5.92 Å². The Labute approximate surface area is 115 Å². The van der Waals surface area contributed by atoms with E-state index in [0.717, 1.165) is 12.8 Å². The first-order valence-corrected chi connectivity index (χ1v) is 6.93. The molecule has 1 aromatic rings. The Morgan fingerprint density at radius 2 is 2.11 bits per heavy atom. The van der Waals surface area contributed by atoms with Crippen LogP contribution in [0.5, 0.6) is 0 Å². The lowest BCUT2D eigenvalue weighted by molar-refractivity contribution is -0.120. The van der Waals surface area contributed by atoms with Crippen LogP contribution in [0.1, 0.15) is 37.8 Å². The predicted molar refractivity (Wildman–Crippen MR) is 75.8 cm³/mol. The maximum atomic E-state index is 11.6. The van der Waals surface area contributed by atoms with Gasteiger partial charge in [0.25, 0.3) is 0 Å². The second kappa shape index (κ2) is 5.74. The van der Waals surface area contributed by atoms with E-state index in [0.29, 0.717) is 18.9 Å². The fourth-order valence-electron chi connectivity index (χ4n) is 2.87. The van der Waals surface area contributed by atoms with Gasteiger partial charge in [0, 0.05) is 19.1 Å². The third-order valence-corrected chi connectivity index (χ3v) is 4.11. The van der Waals surface area contributed by atoms with Crippen molar-refractivity contribution in [3.05, 3.63) is 35.4 Å². The van der Waals surface area contributed by atoms with Gasteiger partial charge in [-0.25, -0.2) is 0 Å². The maximum Gasteiger partial charge on any atom is 0.220 e. The summed E-state index contributed by atoms with van der Waals surface area (Å²) in [6, 6.07) is 8.45. The molecule has 3 nitrogen and oxygen atoms in total. The molecule has 1 aromatic carbocycles. The molecule has 0 aliphatic carbocycles. The van der Waals surface area contributed by atoms with Gasteiger partial charge in [0.1, 0.15) is 0 Å². The van der Waals surface area contributed by atoms with Crippen molar-refractivity contribution in [2.75, 3.05) is 7.11 Å². The molecular weight excluding hydrogens is 238 g/mol. The number of hydrogen-bond acceptors (Lipinski definition) is 2. The highest BCUT2D eigenvalue weighted by atomic mass is 16.5. The molecule has 19 heavy (non-hydrogen) atoms. The molecule has 0 saturated carbocycles. The van der Waals surface area contributed by atoms with Crippen LogP contribution in [-0.4, -0.2) is 18.6 Å². The van der Waals surface area contributed by atoms with Crippen LogP contribution in [0.15, 0.2) is 24.3 Å². The van der Waals surface area contributed by atoms with Crippen molar-refractivity contribution in [1.82, 2.24) is 5.32 Å². The molecular formula is C16H23NO2. The summed E-state index contributed by atoms with van der Waals surface area (Å²) in [4.78, 5) is 11.6. The van der Waals surface area contributed by atoms with Crippen molar-refractivity contribution in [3.8, 4) is 0 Å². The van der Waals surface area contributed by atoms with Crippen molar-refractivity contribution in [2.45, 2.75) is 45.3 Å². The summed E-state index contributed by atoms with van der Waals surface area (Å²) in [5.74, 6) is 0.617. The van der Waals surface area contributed by atoms with E-state index in [1.165, 1.54) is 11.1 Å². The molecule has 0 bridgehead atoms. The first-order valence-electron chi connectivity index (χ1n) is 6.93. The highest BCUT2D eigenvalue weighted by Gasteiger charge is 2.40. The van der Waals surface area contributed by atoms with Crippen LogP contribution in [0.2, 0.25) is 0 Å². The molecule has 1 aliphatic heterocycles. The number of carbonyl (C=O) groups is 1. The van der Waals surface area contributed by atoms with E-state index in [4.69, 9.17) is 4.74 Å². The van der Waals surface area contributed by atoms with Crippen LogP contribution in [0, 0.1) is 5.92 Å². The fraction of sp³-hybridized carbons (Fsp3) is 0.562. The average molecular weight is 261 g/mol. The second-order valence-corrected chi connectivity index (χ2v) is 5.79. The van der Waals surface area contributed by atoms with Gasteiger partial charge < -0.3 is 10.1 Å². The topological polar surface area (TPSA) is 38.3 Å². The molecule has 1 N–H and O–H groups in total. The number of carbonyl (C=O) groups excluding carboxylic acids is 1. The van der Waals surface area contributed by atoms with Crippen molar-refractivity contribution in [3.63, 3.8) is 0 Å². The van der Waals surface area contributed by atoms with Gasteiger partial charge in [0.15, 0.2) is 0 Å². The van der Waals surface area contributed by atoms with Gasteiger partial charge >= 0.3 is 0 Å². The van der Waals surface area contributed by atoms with E-state index in [1.54, 1.807) is 7.11 Å². The molecule has 104 valence electrons. The minimum Gasteiger partial charge on any atom is -0.380 e. The number of benzene rings is 1. The Hall–Kier alpha value is -1.35. The Morgan fingerprint density at radius 1 is 1.37 bits per heavy atom. The maximum absolute atomic E-state index is 11.6. The van der Waals surface area contributed by atoms with E-state index in [-0.39, 0.29) is 11.4 Å². The van der Waals surface area contributed by atoms with Gasteiger partial charge in [-0.05, 0) is 29.9 Å². The molecule has 1 amide bonds. The van der Waals surface area contributed by atoms with E-state index in [2.05, 4.69) is 43.4 Å². The lowest BCUT2D eigenvalue weighted by atomic mass is 9.79. The fourth-order valence-corrected chi connectivity index (χ4v) is 2.87. The Balaban J connectivity index is 2.18. The molecule has 0 radical (unpaired) electrons. The predicted octanol–water partition coefficient (Wildman–Crippen LogP) is 2.68. The third-order valence-electron chi connectivity index (χ3n) is 4.11. The molecule has 2 rings (SSSR count). The first-order chi connectivity index (χ1) is 9.05. The zero-order chi connectivity index (χ0) is 13.9. The molecule has 0 spiro atoms. The van der Waals surface area contributed by atoms with Crippen LogP contribution >= 0.6 is 0 Å². The molecule has 1 heterocycles. The SMILES string of the molecule is COCc1cccc(CC2(C(C)C)CCC(=O)N2)c1. The quantitative estimate of drug-likeness (QED) is 0.885. The summed E-state index contributed by atoms with van der Waals surface area (Å²) < 4.78 is 5.17. The van der Waals surface area contributed by atoms with Gasteiger partial charge in [-0.3, -0.25) is 4.79 Å². The monoisotopic (exact) mass is 261 g/mol. The minimum absolute atomic E-state index is 0.0806. The summed E-state index contributed by atoms with van der Waals surface area (Å²) in [6.45, 7) is 5.00. The number of ether oxygens (including phenoxy) is 1. The average Bonchev–Trinajstić information content (AvgIpc) is 2.73. The Kier molecular flexibility index (Phi) is 4.25. The zero-order valence-electron chi connectivity index (χ0n) is 12.0. The van der Waals surface area contributed by atoms with Gasteiger partial charge in [-0.15, -0.1) is 0 Å². The third kappa shape index (κ3) is 3.16.